The Labute approximate surface area is 162 Å². The predicted octanol–water partition coefficient (Wildman–Crippen LogP) is 2.12. The van der Waals surface area contributed by atoms with E-state index in [1.165, 1.54) is 18.2 Å². The van der Waals surface area contributed by atoms with Crippen LogP contribution >= 0.6 is 23.2 Å². The first kappa shape index (κ1) is 21.0. The summed E-state index contributed by atoms with van der Waals surface area (Å²) >= 11 is 11.7. The third-order valence-corrected chi connectivity index (χ3v) is 6.31. The monoisotopic (exact) mass is 422 g/mol. The fraction of sp³-hybridized carbons (Fsp3) is 0.500. The van der Waals surface area contributed by atoms with E-state index in [0.29, 0.717) is 5.92 Å². The van der Waals surface area contributed by atoms with E-state index in [2.05, 4.69) is 10.0 Å². The number of carbonyl (C=O) groups excluding carboxylic acids is 2. The van der Waals surface area contributed by atoms with Gasteiger partial charge in [0.1, 0.15) is 4.90 Å². The highest BCUT2D eigenvalue weighted by atomic mass is 35.5. The van der Waals surface area contributed by atoms with Gasteiger partial charge in [-0.3, -0.25) is 9.59 Å². The maximum atomic E-state index is 12.2. The van der Waals surface area contributed by atoms with E-state index in [-0.39, 0.29) is 46.5 Å². The largest absolute Gasteiger partial charge is 0.456 e. The number of ether oxygens (including phenoxy) is 1. The van der Waals surface area contributed by atoms with Crippen molar-refractivity contribution < 1.29 is 22.7 Å². The van der Waals surface area contributed by atoms with Gasteiger partial charge in [0.2, 0.25) is 10.0 Å². The third-order valence-electron chi connectivity index (χ3n) is 3.89. The van der Waals surface area contributed by atoms with Crippen LogP contribution in [-0.2, 0) is 24.3 Å². The minimum Gasteiger partial charge on any atom is -0.456 e. The fourth-order valence-corrected chi connectivity index (χ4v) is 4.50. The van der Waals surface area contributed by atoms with Crippen LogP contribution in [0.5, 0.6) is 0 Å². The van der Waals surface area contributed by atoms with E-state index >= 15 is 0 Å². The Bertz CT molecular complexity index is 761. The smallest absolute Gasteiger partial charge is 0.307 e. The number of hydrogen-bond acceptors (Lipinski definition) is 5. The Hall–Kier alpha value is -1.35. The molecule has 26 heavy (non-hydrogen) atoms. The molecule has 0 aromatic heterocycles. The Morgan fingerprint density at radius 1 is 1.27 bits per heavy atom. The van der Waals surface area contributed by atoms with E-state index in [4.69, 9.17) is 27.9 Å². The van der Waals surface area contributed by atoms with Crippen molar-refractivity contribution in [3.63, 3.8) is 0 Å². The molecule has 0 spiro atoms. The predicted molar refractivity (Wildman–Crippen MR) is 97.6 cm³/mol. The van der Waals surface area contributed by atoms with Crippen LogP contribution in [0, 0.1) is 5.92 Å². The van der Waals surface area contributed by atoms with Gasteiger partial charge in [0.25, 0.3) is 5.91 Å². The van der Waals surface area contributed by atoms with Crippen LogP contribution in [0.2, 0.25) is 10.0 Å². The molecule has 1 aliphatic carbocycles. The Morgan fingerprint density at radius 3 is 2.46 bits per heavy atom. The molecule has 2 rings (SSSR count). The van der Waals surface area contributed by atoms with Gasteiger partial charge in [-0.2, -0.15) is 0 Å². The highest BCUT2D eigenvalue weighted by Crippen LogP contribution is 2.32. The summed E-state index contributed by atoms with van der Waals surface area (Å²) in [6.45, 7) is 1.31. The number of sulfonamides is 1. The third kappa shape index (κ3) is 6.12. The molecule has 1 amide bonds. The molecule has 1 aliphatic rings. The Morgan fingerprint density at radius 2 is 1.88 bits per heavy atom. The summed E-state index contributed by atoms with van der Waals surface area (Å²) < 4.78 is 31.5. The van der Waals surface area contributed by atoms with Crippen LogP contribution < -0.4 is 10.0 Å². The lowest BCUT2D eigenvalue weighted by atomic mass is 10.2. The van der Waals surface area contributed by atoms with E-state index in [1.807, 2.05) is 6.92 Å². The molecule has 1 unspecified atom stereocenters. The summed E-state index contributed by atoms with van der Waals surface area (Å²) in [7, 11) is -3.97. The van der Waals surface area contributed by atoms with Crippen molar-refractivity contribution in [3.8, 4) is 0 Å². The molecule has 0 heterocycles. The molecule has 144 valence electrons. The molecule has 2 N–H and O–H groups in total. The maximum Gasteiger partial charge on any atom is 0.307 e. The number of benzene rings is 1. The van der Waals surface area contributed by atoms with Gasteiger partial charge < -0.3 is 10.1 Å². The quantitative estimate of drug-likeness (QED) is 0.593. The van der Waals surface area contributed by atoms with Crippen molar-refractivity contribution in [3.05, 3.63) is 28.2 Å². The van der Waals surface area contributed by atoms with Gasteiger partial charge in [0.15, 0.2) is 6.61 Å². The first-order chi connectivity index (χ1) is 12.2. The van der Waals surface area contributed by atoms with Crippen molar-refractivity contribution in [1.82, 2.24) is 10.0 Å². The van der Waals surface area contributed by atoms with Gasteiger partial charge >= 0.3 is 5.97 Å². The first-order valence-corrected chi connectivity index (χ1v) is 10.3. The molecule has 7 nitrogen and oxygen atoms in total. The molecule has 10 heteroatoms. The molecule has 0 bridgehead atoms. The van der Waals surface area contributed by atoms with E-state index in [9.17, 15) is 18.0 Å². The van der Waals surface area contributed by atoms with Crippen molar-refractivity contribution in [2.45, 2.75) is 37.1 Å². The van der Waals surface area contributed by atoms with E-state index < -0.39 is 16.0 Å². The molecule has 1 aromatic rings. The molecule has 1 fully saturated rings. The molecule has 1 saturated carbocycles. The van der Waals surface area contributed by atoms with Gasteiger partial charge in [0.05, 0.1) is 16.5 Å². The number of esters is 1. The summed E-state index contributed by atoms with van der Waals surface area (Å²) in [6.07, 6.45) is 1.96. The second kappa shape index (κ2) is 9.03. The number of hydrogen-bond donors (Lipinski definition) is 2. The maximum absolute atomic E-state index is 12.2. The lowest BCUT2D eigenvalue weighted by molar-refractivity contribution is -0.148. The van der Waals surface area contributed by atoms with Crippen LogP contribution in [0.15, 0.2) is 23.1 Å². The van der Waals surface area contributed by atoms with Crippen LogP contribution in [0.3, 0.4) is 0 Å². The molecule has 0 aliphatic heterocycles. The molecule has 1 aromatic carbocycles. The molecular formula is C16H20Cl2N2O5S. The SMILES string of the molecule is CC(NC(=O)COC(=O)CCNS(=O)(=O)c1c(Cl)cccc1Cl)C1CC1. The van der Waals surface area contributed by atoms with Gasteiger partial charge in [0, 0.05) is 12.6 Å². The topological polar surface area (TPSA) is 102 Å². The van der Waals surface area contributed by atoms with Gasteiger partial charge in [-0.25, -0.2) is 13.1 Å². The van der Waals surface area contributed by atoms with Crippen LogP contribution in [-0.4, -0.2) is 39.5 Å². The van der Waals surface area contributed by atoms with Crippen molar-refractivity contribution in [2.75, 3.05) is 13.2 Å². The van der Waals surface area contributed by atoms with Crippen LogP contribution in [0.4, 0.5) is 0 Å². The molecular weight excluding hydrogens is 403 g/mol. The minimum absolute atomic E-state index is 0.0194. The zero-order valence-corrected chi connectivity index (χ0v) is 16.5. The lowest BCUT2D eigenvalue weighted by Crippen LogP contribution is -2.37. The zero-order chi connectivity index (χ0) is 19.3. The summed E-state index contributed by atoms with van der Waals surface area (Å²) in [5.41, 5.74) is 0. The number of rotatable bonds is 9. The number of amides is 1. The Balaban J connectivity index is 1.74. The summed E-state index contributed by atoms with van der Waals surface area (Å²) in [5.74, 6) is -0.561. The van der Waals surface area contributed by atoms with Gasteiger partial charge in [-0.15, -0.1) is 0 Å². The first-order valence-electron chi connectivity index (χ1n) is 8.09. The normalized spacial score (nSPS) is 15.3. The van der Waals surface area contributed by atoms with E-state index in [0.717, 1.165) is 12.8 Å². The summed E-state index contributed by atoms with van der Waals surface area (Å²) in [6, 6.07) is 4.39. The highest BCUT2D eigenvalue weighted by Gasteiger charge is 2.29. The standard InChI is InChI=1S/C16H20Cl2N2O5S/c1-10(11-5-6-11)20-14(21)9-25-15(22)7-8-19-26(23,24)16-12(17)3-2-4-13(16)18/h2-4,10-11,19H,5-9H2,1H3,(H,20,21). The van der Waals surface area contributed by atoms with Gasteiger partial charge in [-0.05, 0) is 37.8 Å². The fourth-order valence-electron chi connectivity index (χ4n) is 2.33. The molecule has 0 saturated heterocycles. The minimum atomic E-state index is -3.97. The van der Waals surface area contributed by atoms with Crippen molar-refractivity contribution in [1.29, 1.82) is 0 Å². The van der Waals surface area contributed by atoms with Crippen molar-refractivity contribution >= 4 is 45.1 Å². The van der Waals surface area contributed by atoms with Crippen molar-refractivity contribution in [2.24, 2.45) is 5.92 Å². The van der Waals surface area contributed by atoms with E-state index in [1.54, 1.807) is 0 Å². The van der Waals surface area contributed by atoms with Crippen LogP contribution in [0.1, 0.15) is 26.2 Å². The average Bonchev–Trinajstić information content (AvgIpc) is 3.37. The zero-order valence-electron chi connectivity index (χ0n) is 14.1. The average molecular weight is 423 g/mol. The summed E-state index contributed by atoms with van der Waals surface area (Å²) in [5, 5.41) is 2.72. The second-order valence-electron chi connectivity index (χ2n) is 6.05. The Kier molecular flexibility index (Phi) is 7.28. The number of nitrogens with one attached hydrogen (secondary N) is 2. The lowest BCUT2D eigenvalue weighted by Gasteiger charge is -2.13. The second-order valence-corrected chi connectivity index (χ2v) is 8.57. The molecule has 1 atom stereocenters. The number of carbonyl (C=O) groups is 2. The molecule has 0 radical (unpaired) electrons. The summed E-state index contributed by atoms with van der Waals surface area (Å²) in [4.78, 5) is 23.1. The number of halogens is 2. The van der Waals surface area contributed by atoms with Crippen LogP contribution in [0.25, 0.3) is 0 Å². The highest BCUT2D eigenvalue weighted by molar-refractivity contribution is 7.89. The van der Waals surface area contributed by atoms with Gasteiger partial charge in [-0.1, -0.05) is 29.3 Å².